The molecule has 0 heterocycles. The molecule has 2 rings (SSSR count). The van der Waals surface area contributed by atoms with Crippen LogP contribution in [-0.2, 0) is 4.79 Å². The zero-order valence-corrected chi connectivity index (χ0v) is 11.8. The molecule has 1 amide bonds. The first-order valence-corrected chi connectivity index (χ1v) is 6.69. The first kappa shape index (κ1) is 14.1. The van der Waals surface area contributed by atoms with E-state index < -0.39 is 0 Å². The fraction of sp³-hybridized carbons (Fsp3) is 0.235. The molecule has 0 aliphatic rings. The summed E-state index contributed by atoms with van der Waals surface area (Å²) < 4.78 is 5.41. The maximum atomic E-state index is 11.8. The van der Waals surface area contributed by atoms with Crippen LogP contribution in [0, 0.1) is 6.92 Å². The molecule has 0 fully saturated rings. The van der Waals surface area contributed by atoms with Crippen LogP contribution >= 0.6 is 0 Å². The van der Waals surface area contributed by atoms with E-state index in [1.807, 2.05) is 68.4 Å². The average molecular weight is 269 g/mol. The van der Waals surface area contributed by atoms with Crippen molar-refractivity contribution in [2.24, 2.45) is 0 Å². The summed E-state index contributed by atoms with van der Waals surface area (Å²) in [4.78, 5) is 11.8. The zero-order chi connectivity index (χ0) is 14.4. The lowest BCUT2D eigenvalue weighted by molar-refractivity contribution is -0.123. The lowest BCUT2D eigenvalue weighted by Gasteiger charge is -2.15. The lowest BCUT2D eigenvalue weighted by atomic mass is 10.1. The van der Waals surface area contributed by atoms with Crippen LogP contribution in [0.1, 0.15) is 24.1 Å². The summed E-state index contributed by atoms with van der Waals surface area (Å²) in [7, 11) is 0. The largest absolute Gasteiger partial charge is 0.484 e. The van der Waals surface area contributed by atoms with Crippen molar-refractivity contribution < 1.29 is 9.53 Å². The van der Waals surface area contributed by atoms with Gasteiger partial charge in [0.1, 0.15) is 5.75 Å². The van der Waals surface area contributed by atoms with Gasteiger partial charge in [-0.3, -0.25) is 4.79 Å². The molecule has 1 atom stereocenters. The number of ether oxygens (including phenoxy) is 1. The van der Waals surface area contributed by atoms with E-state index >= 15 is 0 Å². The van der Waals surface area contributed by atoms with Crippen molar-refractivity contribution >= 4 is 5.91 Å². The third-order valence-electron chi connectivity index (χ3n) is 3.07. The van der Waals surface area contributed by atoms with E-state index in [1.165, 1.54) is 5.56 Å². The summed E-state index contributed by atoms with van der Waals surface area (Å²) in [5.74, 6) is 0.576. The number of nitrogens with one attached hydrogen (secondary N) is 1. The summed E-state index contributed by atoms with van der Waals surface area (Å²) >= 11 is 0. The van der Waals surface area contributed by atoms with Gasteiger partial charge >= 0.3 is 0 Å². The second-order valence-electron chi connectivity index (χ2n) is 4.80. The molecule has 3 nitrogen and oxygen atoms in total. The molecule has 0 radical (unpaired) electrons. The van der Waals surface area contributed by atoms with Crippen molar-refractivity contribution in [3.8, 4) is 5.75 Å². The topological polar surface area (TPSA) is 38.3 Å². The molecule has 0 unspecified atom stereocenters. The van der Waals surface area contributed by atoms with E-state index in [4.69, 9.17) is 4.74 Å². The van der Waals surface area contributed by atoms with Gasteiger partial charge in [-0.1, -0.05) is 48.0 Å². The molecule has 0 saturated carbocycles. The molecule has 0 aromatic heterocycles. The SMILES string of the molecule is Cc1ccc([C@H](C)NC(=O)COc2ccccc2)cc1. The summed E-state index contributed by atoms with van der Waals surface area (Å²) in [6.45, 7) is 4.03. The zero-order valence-electron chi connectivity index (χ0n) is 11.8. The Morgan fingerprint density at radius 1 is 1.10 bits per heavy atom. The maximum absolute atomic E-state index is 11.8. The van der Waals surface area contributed by atoms with E-state index in [2.05, 4.69) is 5.32 Å². The summed E-state index contributed by atoms with van der Waals surface area (Å²) in [5.41, 5.74) is 2.29. The molecule has 0 aliphatic heterocycles. The highest BCUT2D eigenvalue weighted by molar-refractivity contribution is 5.78. The number of carbonyl (C=O) groups is 1. The number of hydrogen-bond donors (Lipinski definition) is 1. The predicted octanol–water partition coefficient (Wildman–Crippen LogP) is 3.25. The highest BCUT2D eigenvalue weighted by Gasteiger charge is 2.09. The van der Waals surface area contributed by atoms with Crippen LogP contribution in [0.4, 0.5) is 0 Å². The molecule has 2 aromatic rings. The second-order valence-corrected chi connectivity index (χ2v) is 4.80. The molecule has 0 saturated heterocycles. The number of hydrogen-bond acceptors (Lipinski definition) is 2. The Morgan fingerprint density at radius 3 is 2.40 bits per heavy atom. The monoisotopic (exact) mass is 269 g/mol. The van der Waals surface area contributed by atoms with Crippen LogP contribution in [0.25, 0.3) is 0 Å². The number of amides is 1. The van der Waals surface area contributed by atoms with Crippen molar-refractivity contribution in [2.75, 3.05) is 6.61 Å². The van der Waals surface area contributed by atoms with Crippen molar-refractivity contribution in [1.29, 1.82) is 0 Å². The Balaban J connectivity index is 1.83. The van der Waals surface area contributed by atoms with Crippen LogP contribution < -0.4 is 10.1 Å². The van der Waals surface area contributed by atoms with E-state index in [0.29, 0.717) is 5.75 Å². The standard InChI is InChI=1S/C17H19NO2/c1-13-8-10-15(11-9-13)14(2)18-17(19)12-20-16-6-4-3-5-7-16/h3-11,14H,12H2,1-2H3,(H,18,19)/t14-/m0/s1. The molecule has 104 valence electrons. The number of aryl methyl sites for hydroxylation is 1. The number of para-hydroxylation sites is 1. The fourth-order valence-corrected chi connectivity index (χ4v) is 1.89. The first-order valence-electron chi connectivity index (χ1n) is 6.69. The third-order valence-corrected chi connectivity index (χ3v) is 3.07. The molecule has 0 spiro atoms. The highest BCUT2D eigenvalue weighted by Crippen LogP contribution is 2.13. The minimum absolute atomic E-state index is 0.0255. The molecule has 1 N–H and O–H groups in total. The molecule has 3 heteroatoms. The average Bonchev–Trinajstić information content (AvgIpc) is 2.47. The predicted molar refractivity (Wildman–Crippen MR) is 79.7 cm³/mol. The molecule has 2 aromatic carbocycles. The summed E-state index contributed by atoms with van der Waals surface area (Å²) in [5, 5.41) is 2.92. The van der Waals surface area contributed by atoms with E-state index in [0.717, 1.165) is 5.56 Å². The maximum Gasteiger partial charge on any atom is 0.258 e. The van der Waals surface area contributed by atoms with E-state index in [9.17, 15) is 4.79 Å². The lowest BCUT2D eigenvalue weighted by Crippen LogP contribution is -2.31. The van der Waals surface area contributed by atoms with Gasteiger partial charge in [0.05, 0.1) is 6.04 Å². The van der Waals surface area contributed by atoms with Gasteiger partial charge in [0.25, 0.3) is 5.91 Å². The van der Waals surface area contributed by atoms with Crippen molar-refractivity contribution in [3.63, 3.8) is 0 Å². The highest BCUT2D eigenvalue weighted by atomic mass is 16.5. The molecule has 20 heavy (non-hydrogen) atoms. The molecular formula is C17H19NO2. The minimum Gasteiger partial charge on any atom is -0.484 e. The van der Waals surface area contributed by atoms with Crippen LogP contribution in [-0.4, -0.2) is 12.5 Å². The Bertz CT molecular complexity index is 549. The van der Waals surface area contributed by atoms with Gasteiger partial charge in [0.15, 0.2) is 6.61 Å². The Labute approximate surface area is 119 Å². The molecular weight excluding hydrogens is 250 g/mol. The van der Waals surface area contributed by atoms with Crippen molar-refractivity contribution in [3.05, 3.63) is 65.7 Å². The number of carbonyl (C=O) groups excluding carboxylic acids is 1. The Kier molecular flexibility index (Phi) is 4.77. The number of rotatable bonds is 5. The summed E-state index contributed by atoms with van der Waals surface area (Å²) in [6, 6.07) is 17.4. The summed E-state index contributed by atoms with van der Waals surface area (Å²) in [6.07, 6.45) is 0. The van der Waals surface area contributed by atoms with Crippen molar-refractivity contribution in [1.82, 2.24) is 5.32 Å². The quantitative estimate of drug-likeness (QED) is 0.904. The van der Waals surface area contributed by atoms with Gasteiger partial charge in [-0.05, 0) is 31.5 Å². The minimum atomic E-state index is -0.123. The van der Waals surface area contributed by atoms with E-state index in [1.54, 1.807) is 0 Å². The van der Waals surface area contributed by atoms with Crippen LogP contribution in [0.3, 0.4) is 0 Å². The smallest absolute Gasteiger partial charge is 0.258 e. The van der Waals surface area contributed by atoms with Gasteiger partial charge in [0.2, 0.25) is 0 Å². The molecule has 0 aliphatic carbocycles. The van der Waals surface area contributed by atoms with Crippen LogP contribution in [0.15, 0.2) is 54.6 Å². The Hall–Kier alpha value is -2.29. The van der Waals surface area contributed by atoms with E-state index in [-0.39, 0.29) is 18.6 Å². The van der Waals surface area contributed by atoms with Gasteiger partial charge in [-0.15, -0.1) is 0 Å². The molecule has 0 bridgehead atoms. The van der Waals surface area contributed by atoms with Gasteiger partial charge in [-0.25, -0.2) is 0 Å². The van der Waals surface area contributed by atoms with Crippen LogP contribution in [0.2, 0.25) is 0 Å². The van der Waals surface area contributed by atoms with Gasteiger partial charge < -0.3 is 10.1 Å². The Morgan fingerprint density at radius 2 is 1.75 bits per heavy atom. The third kappa shape index (κ3) is 4.12. The van der Waals surface area contributed by atoms with Crippen LogP contribution in [0.5, 0.6) is 5.75 Å². The fourth-order valence-electron chi connectivity index (χ4n) is 1.89. The second kappa shape index (κ2) is 6.75. The number of benzene rings is 2. The van der Waals surface area contributed by atoms with Gasteiger partial charge in [0, 0.05) is 0 Å². The van der Waals surface area contributed by atoms with Gasteiger partial charge in [-0.2, -0.15) is 0 Å². The van der Waals surface area contributed by atoms with Crippen molar-refractivity contribution in [2.45, 2.75) is 19.9 Å². The first-order chi connectivity index (χ1) is 9.65. The normalized spacial score (nSPS) is 11.7.